The first-order chi connectivity index (χ1) is 30.3. The summed E-state index contributed by atoms with van der Waals surface area (Å²) < 4.78 is 114. The van der Waals surface area contributed by atoms with Gasteiger partial charge in [-0.05, 0) is 143 Å². The van der Waals surface area contributed by atoms with Crippen LogP contribution in [-0.4, -0.2) is 73.4 Å². The Morgan fingerprint density at radius 3 is 2.06 bits per heavy atom. The van der Waals surface area contributed by atoms with Crippen LogP contribution in [-0.2, 0) is 46.0 Å². The normalized spacial score (nSPS) is 18.6. The molecule has 1 aliphatic carbocycles. The van der Waals surface area contributed by atoms with Gasteiger partial charge in [0.25, 0.3) is 20.2 Å². The summed E-state index contributed by atoms with van der Waals surface area (Å²) in [5.41, 5.74) is 6.36. The van der Waals surface area contributed by atoms with Crippen molar-refractivity contribution in [3.63, 3.8) is 0 Å². The molecule has 0 radical (unpaired) electrons. The number of nitrogens with zero attached hydrogens (tertiary/aromatic N) is 2. The molecule has 0 spiro atoms. The molecule has 2 aliphatic heterocycles. The van der Waals surface area contributed by atoms with E-state index in [-0.39, 0.29) is 21.1 Å². The van der Waals surface area contributed by atoms with E-state index in [9.17, 15) is 48.8 Å². The second-order valence-corrected chi connectivity index (χ2v) is 22.3. The lowest BCUT2D eigenvalue weighted by Crippen LogP contribution is -2.28. The molecule has 0 amide bonds. The van der Waals surface area contributed by atoms with Crippen LogP contribution >= 0.6 is 0 Å². The molecular weight excluding hydrogens is 893 g/mol. The summed E-state index contributed by atoms with van der Waals surface area (Å²) in [6.45, 7) is 14.8. The van der Waals surface area contributed by atoms with Crippen LogP contribution in [0.5, 0.6) is 5.75 Å². The number of benzene rings is 3. The summed E-state index contributed by atoms with van der Waals surface area (Å²) in [7, 11) is -13.7. The van der Waals surface area contributed by atoms with Crippen molar-refractivity contribution in [3.8, 4) is 5.75 Å². The predicted octanol–water partition coefficient (Wildman–Crippen LogP) is 9.20. The summed E-state index contributed by atoms with van der Waals surface area (Å²) in [6, 6.07) is 11.3. The minimum atomic E-state index is -4.73. The van der Waals surface area contributed by atoms with Crippen LogP contribution in [0.4, 0.5) is 11.4 Å². The number of allylic oxidation sites excluding steroid dienone is 7. The molecule has 0 saturated heterocycles. The maximum atomic E-state index is 12.4. The predicted molar refractivity (Wildman–Crippen MR) is 247 cm³/mol. The van der Waals surface area contributed by atoms with Crippen LogP contribution in [0.1, 0.15) is 115 Å². The molecule has 17 heteroatoms. The van der Waals surface area contributed by atoms with E-state index >= 15 is 0 Å². The van der Waals surface area contributed by atoms with Gasteiger partial charge in [-0.25, -0.2) is 8.42 Å². The van der Waals surface area contributed by atoms with E-state index in [1.165, 1.54) is 48.5 Å². The van der Waals surface area contributed by atoms with Crippen molar-refractivity contribution in [1.82, 2.24) is 0 Å². The van der Waals surface area contributed by atoms with E-state index in [2.05, 4.69) is 16.4 Å². The third-order valence-corrected chi connectivity index (χ3v) is 15.1. The van der Waals surface area contributed by atoms with Crippen molar-refractivity contribution in [2.75, 3.05) is 18.0 Å². The molecule has 0 aromatic heterocycles. The molecule has 0 atom stereocenters. The van der Waals surface area contributed by atoms with Gasteiger partial charge in [-0.3, -0.25) is 13.9 Å². The van der Waals surface area contributed by atoms with Gasteiger partial charge in [0, 0.05) is 53.4 Å². The molecule has 65 heavy (non-hydrogen) atoms. The van der Waals surface area contributed by atoms with Gasteiger partial charge in [0.2, 0.25) is 5.69 Å². The van der Waals surface area contributed by atoms with Gasteiger partial charge >= 0.3 is 5.97 Å². The number of fused-ring (bicyclic) bond motifs is 2. The number of aliphatic carboxylic acids is 1. The summed E-state index contributed by atoms with van der Waals surface area (Å²) in [4.78, 5) is 12.6. The van der Waals surface area contributed by atoms with Crippen LogP contribution in [0.3, 0.4) is 0 Å². The van der Waals surface area contributed by atoms with Crippen molar-refractivity contribution in [2.45, 2.75) is 132 Å². The molecule has 14 nitrogen and oxygen atoms in total. The molecule has 350 valence electrons. The average molecular weight is 951 g/mol. The Bertz CT molecular complexity index is 2900. The summed E-state index contributed by atoms with van der Waals surface area (Å²) in [6.07, 6.45) is 13.5. The summed E-state index contributed by atoms with van der Waals surface area (Å²) in [5.74, 6) is -0.0315. The van der Waals surface area contributed by atoms with E-state index in [0.717, 1.165) is 58.8 Å². The Hall–Kier alpha value is -4.91. The lowest BCUT2D eigenvalue weighted by Gasteiger charge is -2.28. The highest BCUT2D eigenvalue weighted by Crippen LogP contribution is 2.51. The number of hydrogen-bond donors (Lipinski definition) is 3. The average Bonchev–Trinajstić information content (AvgIpc) is 3.56. The SMILES string of the molecule is CCCC[N+]1=C(/C=C/C2=C(Oc3ccc(S(=O)(=O)O)cc3)C(=C/C=C3/N(CCCCCC(=O)O)c4c(C)cc(S(=O)(=O)O)cc4C3(C)C)/CCC2)C(C)(C)c2cc(S(=O)(=O)[O-])cc(C)c21. The first-order valence-electron chi connectivity index (χ1n) is 21.7. The van der Waals surface area contributed by atoms with Crippen LogP contribution in [0.15, 0.2) is 110 Å². The van der Waals surface area contributed by atoms with Gasteiger partial charge in [0.15, 0.2) is 5.71 Å². The van der Waals surface area contributed by atoms with Crippen LogP contribution < -0.4 is 9.64 Å². The van der Waals surface area contributed by atoms with Gasteiger partial charge in [-0.2, -0.15) is 21.4 Å². The standard InChI is InChI=1S/C48H58N2O12S3/c1-8-9-25-49-41(47(4,5)39-29-37(64(56,57)58)27-31(2)44(39)49)23-17-33-14-13-15-34(46(33)62-35-19-21-36(22-20-35)63(53,54)55)18-24-42-48(6,7)40-30-38(65(59,60)61)28-32(3)45(40)50(42)26-12-10-11-16-43(51)52/h17-24,27-30H,8-16,25-26H2,1-7H3,(H3-,51,52,53,54,55,56,57,58,59,60,61). The molecule has 0 fully saturated rings. The van der Waals surface area contributed by atoms with E-state index in [0.29, 0.717) is 73.4 Å². The summed E-state index contributed by atoms with van der Waals surface area (Å²) >= 11 is 0. The smallest absolute Gasteiger partial charge is 0.303 e. The Morgan fingerprint density at radius 1 is 0.800 bits per heavy atom. The Kier molecular flexibility index (Phi) is 14.3. The fraction of sp³-hybridized carbons (Fsp3) is 0.417. The van der Waals surface area contributed by atoms with Crippen molar-refractivity contribution < 1.29 is 58.1 Å². The van der Waals surface area contributed by atoms with Crippen LogP contribution in [0.25, 0.3) is 0 Å². The number of rotatable bonds is 17. The van der Waals surface area contributed by atoms with E-state index in [1.54, 1.807) is 6.92 Å². The minimum Gasteiger partial charge on any atom is -0.744 e. The molecule has 0 saturated carbocycles. The summed E-state index contributed by atoms with van der Waals surface area (Å²) in [5, 5.41) is 9.22. The topological polar surface area (TPSA) is 219 Å². The molecule has 0 unspecified atom stereocenters. The lowest BCUT2D eigenvalue weighted by atomic mass is 9.80. The zero-order chi connectivity index (χ0) is 47.9. The number of ether oxygens (including phenoxy) is 1. The Balaban J connectivity index is 1.50. The quantitative estimate of drug-likeness (QED) is 0.0654. The number of aryl methyl sites for hydroxylation is 2. The van der Waals surface area contributed by atoms with Crippen LogP contribution in [0.2, 0.25) is 0 Å². The molecule has 2 heterocycles. The van der Waals surface area contributed by atoms with Crippen molar-refractivity contribution in [3.05, 3.63) is 118 Å². The lowest BCUT2D eigenvalue weighted by molar-refractivity contribution is -0.438. The van der Waals surface area contributed by atoms with Gasteiger partial charge in [-0.1, -0.05) is 39.7 Å². The van der Waals surface area contributed by atoms with Gasteiger partial charge in [0.1, 0.15) is 28.2 Å². The zero-order valence-corrected chi connectivity index (χ0v) is 40.3. The number of anilines is 1. The maximum Gasteiger partial charge on any atom is 0.303 e. The third-order valence-electron chi connectivity index (χ3n) is 12.6. The van der Waals surface area contributed by atoms with Crippen molar-refractivity contribution in [2.24, 2.45) is 0 Å². The van der Waals surface area contributed by atoms with Crippen LogP contribution in [0, 0.1) is 13.8 Å². The number of unbranched alkanes of at least 4 members (excludes halogenated alkanes) is 3. The Morgan fingerprint density at radius 2 is 1.45 bits per heavy atom. The third kappa shape index (κ3) is 10.6. The monoisotopic (exact) mass is 950 g/mol. The Labute approximate surface area is 383 Å². The number of carbonyl (C=O) groups is 1. The van der Waals surface area contributed by atoms with Gasteiger partial charge < -0.3 is 19.3 Å². The molecule has 3 aliphatic rings. The van der Waals surface area contributed by atoms with Gasteiger partial charge in [-0.15, -0.1) is 0 Å². The highest BCUT2D eigenvalue weighted by Gasteiger charge is 2.46. The maximum absolute atomic E-state index is 12.4. The highest BCUT2D eigenvalue weighted by molar-refractivity contribution is 7.86. The molecule has 3 aromatic rings. The van der Waals surface area contributed by atoms with Crippen molar-refractivity contribution in [1.29, 1.82) is 0 Å². The number of carboxylic acid groups (broad SMARTS) is 1. The molecule has 3 aromatic carbocycles. The fourth-order valence-electron chi connectivity index (χ4n) is 9.26. The largest absolute Gasteiger partial charge is 0.744 e. The zero-order valence-electron chi connectivity index (χ0n) is 37.8. The molecular formula is C48H58N2O12S3. The van der Waals surface area contributed by atoms with Gasteiger partial charge in [0.05, 0.1) is 20.1 Å². The number of carboxylic acids is 1. The molecule has 0 bridgehead atoms. The second kappa shape index (κ2) is 18.8. The second-order valence-electron chi connectivity index (χ2n) is 18.0. The van der Waals surface area contributed by atoms with E-state index in [1.807, 2.05) is 58.9 Å². The minimum absolute atomic E-state index is 0.0465. The fourth-order valence-corrected chi connectivity index (χ4v) is 10.9. The molecule has 6 rings (SSSR count). The first kappa shape index (κ1) is 49.5. The van der Waals surface area contributed by atoms with E-state index < -0.39 is 47.2 Å². The van der Waals surface area contributed by atoms with E-state index in [4.69, 9.17) is 4.74 Å². The number of hydrogen-bond acceptors (Lipinski definition) is 10. The first-order valence-corrected chi connectivity index (χ1v) is 26.0. The highest BCUT2D eigenvalue weighted by atomic mass is 32.2. The molecule has 3 N–H and O–H groups in total. The van der Waals surface area contributed by atoms with Crippen molar-refractivity contribution >= 4 is 53.4 Å².